The van der Waals surface area contributed by atoms with Crippen molar-refractivity contribution in [3.63, 3.8) is 0 Å². The average Bonchev–Trinajstić information content (AvgIpc) is 3.32. The van der Waals surface area contributed by atoms with Gasteiger partial charge in [0.15, 0.2) is 0 Å². The number of hydrogen-bond acceptors (Lipinski definition) is 6. The molecule has 0 bridgehead atoms. The first-order chi connectivity index (χ1) is 13.1. The highest BCUT2D eigenvalue weighted by molar-refractivity contribution is 6.33. The lowest BCUT2D eigenvalue weighted by Crippen LogP contribution is -2.20. The number of aryl methyl sites for hydroxylation is 1. The number of carbonyl (C=O) groups is 1. The molecular formula is C19H18ClN5O2. The molecule has 1 aromatic carbocycles. The summed E-state index contributed by atoms with van der Waals surface area (Å²) in [5.41, 5.74) is 1.38. The van der Waals surface area contributed by atoms with Crippen molar-refractivity contribution < 1.29 is 9.32 Å². The van der Waals surface area contributed by atoms with Crippen LogP contribution in [-0.4, -0.2) is 34.1 Å². The lowest BCUT2D eigenvalue weighted by atomic mass is 10.1. The van der Waals surface area contributed by atoms with Crippen LogP contribution in [0.1, 0.15) is 29.0 Å². The van der Waals surface area contributed by atoms with E-state index in [9.17, 15) is 4.79 Å². The molecule has 4 rings (SSSR count). The van der Waals surface area contributed by atoms with E-state index in [2.05, 4.69) is 25.3 Å². The highest BCUT2D eigenvalue weighted by Gasteiger charge is 2.24. The van der Waals surface area contributed by atoms with Gasteiger partial charge in [0.1, 0.15) is 35.0 Å². The molecule has 27 heavy (non-hydrogen) atoms. The molecule has 1 N–H and O–H groups in total. The van der Waals surface area contributed by atoms with Crippen LogP contribution >= 0.6 is 11.6 Å². The van der Waals surface area contributed by atoms with E-state index in [0.29, 0.717) is 33.4 Å². The summed E-state index contributed by atoms with van der Waals surface area (Å²) in [7, 11) is 0. The zero-order chi connectivity index (χ0) is 18.8. The number of halogens is 1. The quantitative estimate of drug-likeness (QED) is 0.734. The van der Waals surface area contributed by atoms with Crippen LogP contribution in [0.25, 0.3) is 11.3 Å². The molecule has 0 atom stereocenters. The normalized spacial score (nSPS) is 13.8. The van der Waals surface area contributed by atoms with Gasteiger partial charge >= 0.3 is 0 Å². The molecule has 3 aromatic rings. The Hall–Kier alpha value is -2.93. The number of carbonyl (C=O) groups excluding carboxylic acids is 1. The summed E-state index contributed by atoms with van der Waals surface area (Å²) >= 11 is 6.26. The lowest BCUT2D eigenvalue weighted by molar-refractivity contribution is 0.102. The molecular weight excluding hydrogens is 366 g/mol. The molecule has 7 nitrogen and oxygen atoms in total. The molecule has 138 valence electrons. The third kappa shape index (κ3) is 3.50. The zero-order valence-corrected chi connectivity index (χ0v) is 15.5. The second-order valence-corrected chi connectivity index (χ2v) is 6.76. The third-order valence-corrected chi connectivity index (χ3v) is 4.87. The van der Waals surface area contributed by atoms with E-state index in [1.54, 1.807) is 25.1 Å². The van der Waals surface area contributed by atoms with Crippen LogP contribution in [-0.2, 0) is 0 Å². The van der Waals surface area contributed by atoms with E-state index in [4.69, 9.17) is 16.1 Å². The zero-order valence-electron chi connectivity index (χ0n) is 14.8. The van der Waals surface area contributed by atoms with Crippen molar-refractivity contribution >= 4 is 29.1 Å². The Labute approximate surface area is 161 Å². The lowest BCUT2D eigenvalue weighted by Gasteiger charge is -2.16. The summed E-state index contributed by atoms with van der Waals surface area (Å²) in [6.07, 6.45) is 3.75. The highest BCUT2D eigenvalue weighted by atomic mass is 35.5. The van der Waals surface area contributed by atoms with Crippen molar-refractivity contribution in [2.75, 3.05) is 23.3 Å². The molecule has 0 aliphatic carbocycles. The maximum atomic E-state index is 12.9. The Morgan fingerprint density at radius 2 is 2.00 bits per heavy atom. The Morgan fingerprint density at radius 3 is 2.78 bits per heavy atom. The Balaban J connectivity index is 1.62. The van der Waals surface area contributed by atoms with Gasteiger partial charge in [0.25, 0.3) is 5.91 Å². The number of aromatic nitrogens is 3. The minimum absolute atomic E-state index is 0.337. The summed E-state index contributed by atoms with van der Waals surface area (Å²) in [5.74, 6) is 1.31. The standard InChI is InChI=1S/C19H18ClN5O2/c1-12-17(18(24-27-12)13-6-2-3-7-14(13)20)19(26)23-15-10-16(22-11-21-15)25-8-4-5-9-25/h2-3,6-7,10-11H,4-5,8-9H2,1H3,(H,21,22,23,26). The molecule has 0 spiro atoms. The molecule has 2 aromatic heterocycles. The number of anilines is 2. The third-order valence-electron chi connectivity index (χ3n) is 4.54. The molecule has 1 saturated heterocycles. The van der Waals surface area contributed by atoms with Crippen molar-refractivity contribution in [1.29, 1.82) is 0 Å². The minimum atomic E-state index is -0.352. The first kappa shape index (κ1) is 17.5. The summed E-state index contributed by atoms with van der Waals surface area (Å²) < 4.78 is 5.26. The van der Waals surface area contributed by atoms with Gasteiger partial charge < -0.3 is 14.7 Å². The smallest absolute Gasteiger partial charge is 0.262 e. The monoisotopic (exact) mass is 383 g/mol. The number of rotatable bonds is 4. The molecule has 3 heterocycles. The van der Waals surface area contributed by atoms with Gasteiger partial charge in [-0.3, -0.25) is 4.79 Å². The van der Waals surface area contributed by atoms with Gasteiger partial charge in [0.2, 0.25) is 0 Å². The fourth-order valence-electron chi connectivity index (χ4n) is 3.19. The second-order valence-electron chi connectivity index (χ2n) is 6.35. The van der Waals surface area contributed by atoms with Crippen molar-refractivity contribution in [2.45, 2.75) is 19.8 Å². The summed E-state index contributed by atoms with van der Waals surface area (Å²) in [6.45, 7) is 3.62. The van der Waals surface area contributed by atoms with Gasteiger partial charge in [-0.05, 0) is 25.8 Å². The molecule has 0 saturated carbocycles. The molecule has 1 aliphatic heterocycles. The number of nitrogens with one attached hydrogen (secondary N) is 1. The van der Waals surface area contributed by atoms with Crippen molar-refractivity contribution in [2.24, 2.45) is 0 Å². The van der Waals surface area contributed by atoms with E-state index >= 15 is 0 Å². The molecule has 1 aliphatic rings. The largest absolute Gasteiger partial charge is 0.360 e. The fraction of sp³-hybridized carbons (Fsp3) is 0.263. The summed E-state index contributed by atoms with van der Waals surface area (Å²) in [4.78, 5) is 23.5. The molecule has 0 unspecified atom stereocenters. The highest BCUT2D eigenvalue weighted by Crippen LogP contribution is 2.31. The Kier molecular flexibility index (Phi) is 4.77. The fourth-order valence-corrected chi connectivity index (χ4v) is 3.42. The van der Waals surface area contributed by atoms with Crippen LogP contribution in [0.5, 0.6) is 0 Å². The first-order valence-electron chi connectivity index (χ1n) is 8.73. The van der Waals surface area contributed by atoms with Gasteiger partial charge in [-0.25, -0.2) is 9.97 Å². The van der Waals surface area contributed by atoms with Crippen molar-refractivity contribution in [3.05, 3.63) is 53.0 Å². The van der Waals surface area contributed by atoms with Crippen LogP contribution in [0.2, 0.25) is 5.02 Å². The van der Waals surface area contributed by atoms with E-state index in [1.807, 2.05) is 12.1 Å². The van der Waals surface area contributed by atoms with Gasteiger partial charge in [0.05, 0.1) is 5.02 Å². The van der Waals surface area contributed by atoms with Crippen molar-refractivity contribution in [3.8, 4) is 11.3 Å². The summed E-state index contributed by atoms with van der Waals surface area (Å²) in [6, 6.07) is 8.97. The second kappa shape index (κ2) is 7.36. The van der Waals surface area contributed by atoms with Gasteiger partial charge in [-0.1, -0.05) is 35.0 Å². The number of hydrogen-bond donors (Lipinski definition) is 1. The number of benzene rings is 1. The predicted octanol–water partition coefficient (Wildman–Crippen LogP) is 3.95. The minimum Gasteiger partial charge on any atom is -0.360 e. The first-order valence-corrected chi connectivity index (χ1v) is 9.11. The van der Waals surface area contributed by atoms with E-state index < -0.39 is 0 Å². The average molecular weight is 384 g/mol. The van der Waals surface area contributed by atoms with Crippen LogP contribution in [0.15, 0.2) is 41.2 Å². The van der Waals surface area contributed by atoms with Crippen LogP contribution in [0, 0.1) is 6.92 Å². The summed E-state index contributed by atoms with van der Waals surface area (Å²) in [5, 5.41) is 7.35. The van der Waals surface area contributed by atoms with E-state index in [1.165, 1.54) is 6.33 Å². The topological polar surface area (TPSA) is 84.2 Å². The predicted molar refractivity (Wildman–Crippen MR) is 103 cm³/mol. The van der Waals surface area contributed by atoms with Gasteiger partial charge in [-0.15, -0.1) is 0 Å². The van der Waals surface area contributed by atoms with Gasteiger partial charge in [0, 0.05) is 24.7 Å². The Bertz CT molecular complexity index is 982. The van der Waals surface area contributed by atoms with E-state index in [0.717, 1.165) is 31.7 Å². The van der Waals surface area contributed by atoms with Crippen LogP contribution in [0.4, 0.5) is 11.6 Å². The molecule has 1 fully saturated rings. The van der Waals surface area contributed by atoms with E-state index in [-0.39, 0.29) is 5.91 Å². The number of amides is 1. The maximum absolute atomic E-state index is 12.9. The van der Waals surface area contributed by atoms with Gasteiger partial charge in [-0.2, -0.15) is 0 Å². The SMILES string of the molecule is Cc1onc(-c2ccccc2Cl)c1C(=O)Nc1cc(N2CCCC2)ncn1. The maximum Gasteiger partial charge on any atom is 0.262 e. The van der Waals surface area contributed by atoms with Crippen LogP contribution in [0.3, 0.4) is 0 Å². The van der Waals surface area contributed by atoms with Crippen LogP contribution < -0.4 is 10.2 Å². The van der Waals surface area contributed by atoms with Crippen molar-refractivity contribution in [1.82, 2.24) is 15.1 Å². The molecule has 0 radical (unpaired) electrons. The Morgan fingerprint density at radius 1 is 1.22 bits per heavy atom. The molecule has 8 heteroatoms. The molecule has 1 amide bonds. The number of nitrogens with zero attached hydrogens (tertiary/aromatic N) is 4.